The van der Waals surface area contributed by atoms with Crippen molar-refractivity contribution >= 4 is 17.3 Å². The van der Waals surface area contributed by atoms with E-state index in [0.717, 1.165) is 5.56 Å². The normalized spacial score (nSPS) is 20.2. The van der Waals surface area contributed by atoms with Crippen LogP contribution in [0.1, 0.15) is 12.0 Å². The van der Waals surface area contributed by atoms with Gasteiger partial charge in [-0.3, -0.25) is 4.90 Å². The van der Waals surface area contributed by atoms with Gasteiger partial charge in [-0.15, -0.1) is 0 Å². The van der Waals surface area contributed by atoms with Crippen molar-refractivity contribution in [1.29, 1.82) is 0 Å². The zero-order valence-corrected chi connectivity index (χ0v) is 9.47. The highest BCUT2D eigenvalue weighted by Gasteiger charge is 2.37. The number of hydrogen-bond donors (Lipinski definition) is 1. The number of alkyl halides is 2. The van der Waals surface area contributed by atoms with Gasteiger partial charge in [-0.2, -0.15) is 0 Å². The number of rotatable bonds is 2. The Labute approximate surface area is 98.0 Å². The van der Waals surface area contributed by atoms with Crippen LogP contribution in [-0.4, -0.2) is 23.9 Å². The molecule has 2 rings (SSSR count). The molecular weight excluding hydrogens is 234 g/mol. The SMILES string of the molecule is Nc1cc(CN2CCC(F)(F)C2)ccc1Cl. The summed E-state index contributed by atoms with van der Waals surface area (Å²) in [6.07, 6.45) is -0.0595. The number of anilines is 1. The Bertz CT molecular complexity index is 396. The van der Waals surface area contributed by atoms with Crippen LogP contribution in [-0.2, 0) is 6.54 Å². The lowest BCUT2D eigenvalue weighted by atomic mass is 10.2. The smallest absolute Gasteiger partial charge is 0.261 e. The first-order chi connectivity index (χ1) is 7.46. The van der Waals surface area contributed by atoms with E-state index in [1.807, 2.05) is 6.07 Å². The van der Waals surface area contributed by atoms with Gasteiger partial charge in [0.05, 0.1) is 17.3 Å². The van der Waals surface area contributed by atoms with Crippen LogP contribution in [0.4, 0.5) is 14.5 Å². The van der Waals surface area contributed by atoms with Crippen molar-refractivity contribution in [2.75, 3.05) is 18.8 Å². The van der Waals surface area contributed by atoms with Crippen LogP contribution < -0.4 is 5.73 Å². The Morgan fingerprint density at radius 2 is 2.19 bits per heavy atom. The van der Waals surface area contributed by atoms with E-state index in [0.29, 0.717) is 23.8 Å². The molecule has 0 atom stereocenters. The van der Waals surface area contributed by atoms with Crippen molar-refractivity contribution in [2.45, 2.75) is 18.9 Å². The first kappa shape index (κ1) is 11.6. The van der Waals surface area contributed by atoms with Crippen LogP contribution in [0.25, 0.3) is 0 Å². The Morgan fingerprint density at radius 3 is 2.75 bits per heavy atom. The first-order valence-electron chi connectivity index (χ1n) is 5.10. The second-order valence-corrected chi connectivity index (χ2v) is 4.58. The van der Waals surface area contributed by atoms with Gasteiger partial charge in [-0.05, 0) is 17.7 Å². The van der Waals surface area contributed by atoms with Crippen LogP contribution in [0.15, 0.2) is 18.2 Å². The van der Waals surface area contributed by atoms with Crippen LogP contribution >= 0.6 is 11.6 Å². The Hall–Kier alpha value is -0.870. The number of hydrogen-bond acceptors (Lipinski definition) is 2. The van der Waals surface area contributed by atoms with Crippen LogP contribution in [0.3, 0.4) is 0 Å². The lowest BCUT2D eigenvalue weighted by Gasteiger charge is -2.15. The minimum absolute atomic E-state index is 0.0595. The van der Waals surface area contributed by atoms with Crippen LogP contribution in [0, 0.1) is 0 Å². The molecule has 1 aliphatic rings. The van der Waals surface area contributed by atoms with Gasteiger partial charge in [-0.1, -0.05) is 17.7 Å². The average Bonchev–Trinajstić information content (AvgIpc) is 2.52. The summed E-state index contributed by atoms with van der Waals surface area (Å²) in [5.41, 5.74) is 7.06. The number of nitrogen functional groups attached to an aromatic ring is 1. The van der Waals surface area contributed by atoms with E-state index in [9.17, 15) is 8.78 Å². The number of nitrogens with zero attached hydrogens (tertiary/aromatic N) is 1. The third kappa shape index (κ3) is 2.62. The Balaban J connectivity index is 2.02. The lowest BCUT2D eigenvalue weighted by Crippen LogP contribution is -2.24. The maximum atomic E-state index is 13.0. The lowest BCUT2D eigenvalue weighted by molar-refractivity contribution is 0.0115. The molecule has 0 aromatic heterocycles. The van der Waals surface area contributed by atoms with Gasteiger partial charge in [-0.25, -0.2) is 8.78 Å². The van der Waals surface area contributed by atoms with Gasteiger partial charge >= 0.3 is 0 Å². The second-order valence-electron chi connectivity index (χ2n) is 4.17. The molecule has 0 amide bonds. The fraction of sp³-hybridized carbons (Fsp3) is 0.455. The topological polar surface area (TPSA) is 29.3 Å². The molecular formula is C11H13ClF2N2. The molecule has 0 spiro atoms. The minimum atomic E-state index is -2.54. The number of likely N-dealkylation sites (tertiary alicyclic amines) is 1. The molecule has 2 N–H and O–H groups in total. The van der Waals surface area contributed by atoms with Gasteiger partial charge < -0.3 is 5.73 Å². The first-order valence-corrected chi connectivity index (χ1v) is 5.48. The third-order valence-corrected chi connectivity index (χ3v) is 3.06. The maximum Gasteiger partial charge on any atom is 0.261 e. The van der Waals surface area contributed by atoms with Gasteiger partial charge in [0.25, 0.3) is 5.92 Å². The Morgan fingerprint density at radius 1 is 1.44 bits per heavy atom. The molecule has 5 heteroatoms. The molecule has 0 aliphatic carbocycles. The summed E-state index contributed by atoms with van der Waals surface area (Å²) < 4.78 is 25.9. The summed E-state index contributed by atoms with van der Waals surface area (Å²) in [7, 11) is 0. The molecule has 0 bridgehead atoms. The van der Waals surface area contributed by atoms with E-state index >= 15 is 0 Å². The van der Waals surface area contributed by atoms with Crippen LogP contribution in [0.2, 0.25) is 5.02 Å². The quantitative estimate of drug-likeness (QED) is 0.813. The molecule has 16 heavy (non-hydrogen) atoms. The van der Waals surface area contributed by atoms with E-state index in [1.54, 1.807) is 17.0 Å². The number of benzene rings is 1. The second kappa shape index (κ2) is 4.18. The Kier molecular flexibility index (Phi) is 3.04. The molecule has 0 unspecified atom stereocenters. The van der Waals surface area contributed by atoms with Gasteiger partial charge in [0, 0.05) is 19.5 Å². The predicted octanol–water partition coefficient (Wildman–Crippen LogP) is 2.76. The molecule has 1 aromatic rings. The fourth-order valence-electron chi connectivity index (χ4n) is 1.89. The summed E-state index contributed by atoms with van der Waals surface area (Å²) >= 11 is 5.78. The van der Waals surface area contributed by atoms with Gasteiger partial charge in [0.1, 0.15) is 0 Å². The van der Waals surface area contributed by atoms with Gasteiger partial charge in [0.15, 0.2) is 0 Å². The van der Waals surface area contributed by atoms with Crippen molar-refractivity contribution < 1.29 is 8.78 Å². The summed E-state index contributed by atoms with van der Waals surface area (Å²) in [6.45, 7) is 0.752. The maximum absolute atomic E-state index is 13.0. The zero-order valence-electron chi connectivity index (χ0n) is 8.72. The zero-order chi connectivity index (χ0) is 11.8. The molecule has 2 nitrogen and oxygen atoms in total. The molecule has 1 aromatic carbocycles. The van der Waals surface area contributed by atoms with Crippen molar-refractivity contribution in [3.05, 3.63) is 28.8 Å². The van der Waals surface area contributed by atoms with Crippen LogP contribution in [0.5, 0.6) is 0 Å². The number of halogens is 3. The summed E-state index contributed by atoms with van der Waals surface area (Å²) in [6, 6.07) is 5.24. The highest BCUT2D eigenvalue weighted by Crippen LogP contribution is 2.28. The molecule has 0 radical (unpaired) electrons. The van der Waals surface area contributed by atoms with Crippen molar-refractivity contribution in [3.8, 4) is 0 Å². The molecule has 1 fully saturated rings. The van der Waals surface area contributed by atoms with Crippen molar-refractivity contribution in [2.24, 2.45) is 0 Å². The monoisotopic (exact) mass is 246 g/mol. The molecule has 1 saturated heterocycles. The minimum Gasteiger partial charge on any atom is -0.398 e. The fourth-order valence-corrected chi connectivity index (χ4v) is 2.01. The highest BCUT2D eigenvalue weighted by molar-refractivity contribution is 6.33. The summed E-state index contributed by atoms with van der Waals surface area (Å²) in [4.78, 5) is 1.72. The molecule has 0 saturated carbocycles. The van der Waals surface area contributed by atoms with E-state index in [2.05, 4.69) is 0 Å². The van der Waals surface area contributed by atoms with E-state index in [1.165, 1.54) is 0 Å². The van der Waals surface area contributed by atoms with E-state index < -0.39 is 5.92 Å². The third-order valence-electron chi connectivity index (χ3n) is 2.72. The van der Waals surface area contributed by atoms with Crippen molar-refractivity contribution in [3.63, 3.8) is 0 Å². The van der Waals surface area contributed by atoms with Gasteiger partial charge in [0.2, 0.25) is 0 Å². The predicted molar refractivity (Wildman–Crippen MR) is 60.7 cm³/mol. The summed E-state index contributed by atoms with van der Waals surface area (Å²) in [5.74, 6) is -2.54. The largest absolute Gasteiger partial charge is 0.398 e. The standard InChI is InChI=1S/C11H13ClF2N2/c12-9-2-1-8(5-10(9)15)6-16-4-3-11(13,14)7-16/h1-2,5H,3-4,6-7,15H2. The highest BCUT2D eigenvalue weighted by atomic mass is 35.5. The summed E-state index contributed by atoms with van der Waals surface area (Å²) in [5, 5.41) is 0.496. The van der Waals surface area contributed by atoms with Crippen molar-refractivity contribution in [1.82, 2.24) is 4.90 Å². The average molecular weight is 247 g/mol. The van der Waals surface area contributed by atoms with E-state index in [4.69, 9.17) is 17.3 Å². The molecule has 1 aliphatic heterocycles. The molecule has 1 heterocycles. The molecule has 88 valence electrons. The van der Waals surface area contributed by atoms with E-state index in [-0.39, 0.29) is 13.0 Å². The number of nitrogens with two attached hydrogens (primary N) is 1.